The summed E-state index contributed by atoms with van der Waals surface area (Å²) in [5.41, 5.74) is 1.23. The Morgan fingerprint density at radius 3 is 2.74 bits per heavy atom. The number of carbonyl (C=O) groups is 1. The van der Waals surface area contributed by atoms with Crippen molar-refractivity contribution in [1.29, 1.82) is 0 Å². The summed E-state index contributed by atoms with van der Waals surface area (Å²) >= 11 is 0. The van der Waals surface area contributed by atoms with E-state index in [0.717, 1.165) is 52.0 Å². The highest BCUT2D eigenvalue weighted by atomic mass is 19.1. The Hall–Kier alpha value is -2.28. The SMILES string of the molecule is Cc1ccc(-c2noc(CCCN3CCN(C(=O)C4CC4)CC3)n2)cc1F. The molecule has 0 radical (unpaired) electrons. The van der Waals surface area contributed by atoms with Crippen molar-refractivity contribution in [3.63, 3.8) is 0 Å². The Morgan fingerprint density at radius 2 is 2.04 bits per heavy atom. The van der Waals surface area contributed by atoms with Crippen LogP contribution in [0.25, 0.3) is 11.4 Å². The number of hydrogen-bond donors (Lipinski definition) is 0. The lowest BCUT2D eigenvalue weighted by atomic mass is 10.1. The van der Waals surface area contributed by atoms with E-state index in [9.17, 15) is 9.18 Å². The van der Waals surface area contributed by atoms with Crippen molar-refractivity contribution in [1.82, 2.24) is 19.9 Å². The molecule has 2 aliphatic rings. The van der Waals surface area contributed by atoms with Crippen molar-refractivity contribution in [3.05, 3.63) is 35.5 Å². The normalized spacial score (nSPS) is 18.1. The van der Waals surface area contributed by atoms with Gasteiger partial charge in [0.15, 0.2) is 0 Å². The van der Waals surface area contributed by atoms with Gasteiger partial charge in [-0.25, -0.2) is 4.39 Å². The molecule has 2 heterocycles. The summed E-state index contributed by atoms with van der Waals surface area (Å²) in [6, 6.07) is 4.95. The molecule has 1 saturated heterocycles. The smallest absolute Gasteiger partial charge is 0.227 e. The molecule has 0 atom stereocenters. The molecule has 0 spiro atoms. The molecule has 0 bridgehead atoms. The number of benzene rings is 1. The van der Waals surface area contributed by atoms with Crippen molar-refractivity contribution >= 4 is 5.91 Å². The maximum Gasteiger partial charge on any atom is 0.227 e. The molecule has 6 nitrogen and oxygen atoms in total. The second-order valence-electron chi connectivity index (χ2n) is 7.52. The summed E-state index contributed by atoms with van der Waals surface area (Å²) in [5.74, 6) is 1.40. The fourth-order valence-electron chi connectivity index (χ4n) is 3.44. The minimum absolute atomic E-state index is 0.266. The summed E-state index contributed by atoms with van der Waals surface area (Å²) in [6.07, 6.45) is 3.75. The molecule has 1 aromatic carbocycles. The lowest BCUT2D eigenvalue weighted by molar-refractivity contribution is -0.134. The maximum absolute atomic E-state index is 13.7. The minimum atomic E-state index is -0.266. The third-order valence-corrected chi connectivity index (χ3v) is 5.37. The molecule has 4 rings (SSSR count). The van der Waals surface area contributed by atoms with Crippen LogP contribution in [0.1, 0.15) is 30.7 Å². The number of hydrogen-bond acceptors (Lipinski definition) is 5. The Morgan fingerprint density at radius 1 is 1.26 bits per heavy atom. The Kier molecular flexibility index (Phi) is 5.20. The maximum atomic E-state index is 13.7. The molecule has 1 aliphatic carbocycles. The van der Waals surface area contributed by atoms with Gasteiger partial charge in [0.05, 0.1) is 0 Å². The lowest BCUT2D eigenvalue weighted by Gasteiger charge is -2.34. The van der Waals surface area contributed by atoms with Crippen LogP contribution in [0.5, 0.6) is 0 Å². The fourth-order valence-corrected chi connectivity index (χ4v) is 3.44. The van der Waals surface area contributed by atoms with Gasteiger partial charge in [0.2, 0.25) is 17.6 Å². The Labute approximate surface area is 158 Å². The second kappa shape index (κ2) is 7.76. The van der Waals surface area contributed by atoms with Crippen molar-refractivity contribution in [2.24, 2.45) is 5.92 Å². The van der Waals surface area contributed by atoms with E-state index in [-0.39, 0.29) is 5.82 Å². The second-order valence-corrected chi connectivity index (χ2v) is 7.52. The topological polar surface area (TPSA) is 62.5 Å². The van der Waals surface area contributed by atoms with Crippen molar-refractivity contribution in [2.45, 2.75) is 32.6 Å². The first-order chi connectivity index (χ1) is 13.1. The van der Waals surface area contributed by atoms with Crippen LogP contribution in [0.4, 0.5) is 4.39 Å². The molecule has 1 saturated carbocycles. The Bertz CT molecular complexity index is 810. The molecule has 2 fully saturated rings. The third-order valence-electron chi connectivity index (χ3n) is 5.37. The molecule has 1 aliphatic heterocycles. The van der Waals surface area contributed by atoms with Gasteiger partial charge in [-0.3, -0.25) is 9.69 Å². The molecule has 1 aromatic heterocycles. The zero-order chi connectivity index (χ0) is 18.8. The third kappa shape index (κ3) is 4.35. The van der Waals surface area contributed by atoms with Crippen LogP contribution in [0.2, 0.25) is 0 Å². The average molecular weight is 372 g/mol. The summed E-state index contributed by atoms with van der Waals surface area (Å²) < 4.78 is 19.0. The van der Waals surface area contributed by atoms with E-state index in [4.69, 9.17) is 4.52 Å². The molecular formula is C20H25FN4O2. The van der Waals surface area contributed by atoms with Crippen LogP contribution in [-0.2, 0) is 11.2 Å². The molecular weight excluding hydrogens is 347 g/mol. The van der Waals surface area contributed by atoms with E-state index in [1.165, 1.54) is 6.07 Å². The number of aryl methyl sites for hydroxylation is 2. The zero-order valence-electron chi connectivity index (χ0n) is 15.7. The van der Waals surface area contributed by atoms with Crippen molar-refractivity contribution < 1.29 is 13.7 Å². The van der Waals surface area contributed by atoms with Crippen molar-refractivity contribution in [2.75, 3.05) is 32.7 Å². The van der Waals surface area contributed by atoms with Crippen LogP contribution in [-0.4, -0.2) is 58.6 Å². The molecule has 0 unspecified atom stereocenters. The highest BCUT2D eigenvalue weighted by Crippen LogP contribution is 2.31. The van der Waals surface area contributed by atoms with Crippen LogP contribution in [0.15, 0.2) is 22.7 Å². The van der Waals surface area contributed by atoms with Gasteiger partial charge in [-0.05, 0) is 44.4 Å². The van der Waals surface area contributed by atoms with Crippen LogP contribution < -0.4 is 0 Å². The van der Waals surface area contributed by atoms with E-state index in [2.05, 4.69) is 15.0 Å². The van der Waals surface area contributed by atoms with Gasteiger partial charge < -0.3 is 9.42 Å². The van der Waals surface area contributed by atoms with Crippen LogP contribution >= 0.6 is 0 Å². The van der Waals surface area contributed by atoms with Gasteiger partial charge in [-0.15, -0.1) is 0 Å². The molecule has 144 valence electrons. The number of halogens is 1. The molecule has 0 N–H and O–H groups in total. The quantitative estimate of drug-likeness (QED) is 0.780. The Balaban J connectivity index is 1.22. The lowest BCUT2D eigenvalue weighted by Crippen LogP contribution is -2.49. The molecule has 2 aromatic rings. The molecule has 27 heavy (non-hydrogen) atoms. The van der Waals surface area contributed by atoms with Crippen LogP contribution in [0, 0.1) is 18.7 Å². The summed E-state index contributed by atoms with van der Waals surface area (Å²) in [5, 5.41) is 3.96. The van der Waals surface area contributed by atoms with Gasteiger partial charge >= 0.3 is 0 Å². The summed E-state index contributed by atoms with van der Waals surface area (Å²) in [4.78, 5) is 20.9. The highest BCUT2D eigenvalue weighted by molar-refractivity contribution is 5.81. The van der Waals surface area contributed by atoms with Gasteiger partial charge in [0, 0.05) is 44.1 Å². The number of rotatable bonds is 6. The van der Waals surface area contributed by atoms with Gasteiger partial charge in [0.1, 0.15) is 5.82 Å². The number of carbonyl (C=O) groups excluding carboxylic acids is 1. The highest BCUT2D eigenvalue weighted by Gasteiger charge is 2.34. The number of nitrogens with zero attached hydrogens (tertiary/aromatic N) is 4. The van der Waals surface area contributed by atoms with Gasteiger partial charge in [-0.2, -0.15) is 4.98 Å². The first-order valence-electron chi connectivity index (χ1n) is 9.70. The zero-order valence-corrected chi connectivity index (χ0v) is 15.7. The molecule has 7 heteroatoms. The minimum Gasteiger partial charge on any atom is -0.340 e. The van der Waals surface area contributed by atoms with E-state index >= 15 is 0 Å². The first kappa shape index (κ1) is 18.1. The number of piperazine rings is 1. The van der Waals surface area contributed by atoms with E-state index in [1.807, 2.05) is 4.90 Å². The average Bonchev–Trinajstić information content (AvgIpc) is 3.43. The van der Waals surface area contributed by atoms with E-state index in [0.29, 0.717) is 41.1 Å². The summed E-state index contributed by atoms with van der Waals surface area (Å²) in [6.45, 7) is 6.19. The fraction of sp³-hybridized carbons (Fsp3) is 0.550. The predicted octanol–water partition coefficient (Wildman–Crippen LogP) is 2.67. The number of amides is 1. The first-order valence-corrected chi connectivity index (χ1v) is 9.70. The standard InChI is InChI=1S/C20H25FN4O2/c1-14-4-5-16(13-17(14)21)19-22-18(27-23-19)3-2-8-24-9-11-25(12-10-24)20(26)15-6-7-15/h4-5,13,15H,2-3,6-12H2,1H3. The van der Waals surface area contributed by atoms with E-state index < -0.39 is 0 Å². The monoisotopic (exact) mass is 372 g/mol. The largest absolute Gasteiger partial charge is 0.340 e. The predicted molar refractivity (Wildman–Crippen MR) is 98.5 cm³/mol. The van der Waals surface area contributed by atoms with E-state index in [1.54, 1.807) is 19.1 Å². The van der Waals surface area contributed by atoms with Crippen molar-refractivity contribution in [3.8, 4) is 11.4 Å². The molecule has 1 amide bonds. The van der Waals surface area contributed by atoms with Crippen LogP contribution in [0.3, 0.4) is 0 Å². The van der Waals surface area contributed by atoms with Gasteiger partial charge in [0.25, 0.3) is 0 Å². The number of aromatic nitrogens is 2. The summed E-state index contributed by atoms with van der Waals surface area (Å²) in [7, 11) is 0. The van der Waals surface area contributed by atoms with Gasteiger partial charge in [-0.1, -0.05) is 17.3 Å².